The predicted octanol–water partition coefficient (Wildman–Crippen LogP) is 3.94. The first kappa shape index (κ1) is 22.0. The highest BCUT2D eigenvalue weighted by Crippen LogP contribution is 2.23. The number of hydrogen-bond acceptors (Lipinski definition) is 7. The standard InChI is InChI=1S/C22H17FN4O5S/c1-31-18-9-5-14(6-10-18)21-25-26-22(32-21)24-20(28)15-3-2-4-17(13-15)27-33(29,30)19-11-7-16(23)8-12-19/h2-13,27H,1H3,(H,24,26,28). The first-order valence-electron chi connectivity index (χ1n) is 9.52. The van der Waals surface area contributed by atoms with Crippen molar-refractivity contribution in [2.45, 2.75) is 4.90 Å². The van der Waals surface area contributed by atoms with Crippen molar-refractivity contribution in [1.82, 2.24) is 10.2 Å². The second-order valence-corrected chi connectivity index (χ2v) is 8.42. The number of hydrogen-bond donors (Lipinski definition) is 2. The van der Waals surface area contributed by atoms with Gasteiger partial charge in [0.25, 0.3) is 15.9 Å². The molecular weight excluding hydrogens is 451 g/mol. The number of nitrogens with zero attached hydrogens (tertiary/aromatic N) is 2. The molecule has 1 aromatic heterocycles. The summed E-state index contributed by atoms with van der Waals surface area (Å²) in [4.78, 5) is 12.5. The molecule has 0 aliphatic heterocycles. The molecule has 11 heteroatoms. The zero-order valence-electron chi connectivity index (χ0n) is 17.2. The highest BCUT2D eigenvalue weighted by Gasteiger charge is 2.17. The van der Waals surface area contributed by atoms with E-state index >= 15 is 0 Å². The Morgan fingerprint density at radius 2 is 1.73 bits per heavy atom. The van der Waals surface area contributed by atoms with Crippen LogP contribution in [0.25, 0.3) is 11.5 Å². The van der Waals surface area contributed by atoms with E-state index in [0.717, 1.165) is 24.3 Å². The van der Waals surface area contributed by atoms with Gasteiger partial charge < -0.3 is 9.15 Å². The number of ether oxygens (including phenoxy) is 1. The first-order chi connectivity index (χ1) is 15.8. The minimum absolute atomic E-state index is 0.115. The van der Waals surface area contributed by atoms with E-state index in [0.29, 0.717) is 11.3 Å². The number of aromatic nitrogens is 2. The highest BCUT2D eigenvalue weighted by atomic mass is 32.2. The summed E-state index contributed by atoms with van der Waals surface area (Å²) < 4.78 is 51.0. The van der Waals surface area contributed by atoms with Gasteiger partial charge in [-0.05, 0) is 66.7 Å². The molecule has 0 atom stereocenters. The predicted molar refractivity (Wildman–Crippen MR) is 118 cm³/mol. The second-order valence-electron chi connectivity index (χ2n) is 6.74. The summed E-state index contributed by atoms with van der Waals surface area (Å²) in [6.07, 6.45) is 0. The number of methoxy groups -OCH3 is 1. The Morgan fingerprint density at radius 3 is 2.42 bits per heavy atom. The van der Waals surface area contributed by atoms with E-state index in [1.807, 2.05) is 0 Å². The van der Waals surface area contributed by atoms with Crippen LogP contribution in [0.15, 0.2) is 82.1 Å². The number of carbonyl (C=O) groups is 1. The number of nitrogens with one attached hydrogen (secondary N) is 2. The van der Waals surface area contributed by atoms with E-state index < -0.39 is 21.7 Å². The molecule has 0 spiro atoms. The molecule has 9 nitrogen and oxygen atoms in total. The SMILES string of the molecule is COc1ccc(-c2nnc(NC(=O)c3cccc(NS(=O)(=O)c4ccc(F)cc4)c3)o2)cc1. The number of benzene rings is 3. The van der Waals surface area contributed by atoms with Crippen LogP contribution in [0.1, 0.15) is 10.4 Å². The Kier molecular flexibility index (Phi) is 6.05. The van der Waals surface area contributed by atoms with Crippen LogP contribution in [-0.2, 0) is 10.0 Å². The quantitative estimate of drug-likeness (QED) is 0.421. The monoisotopic (exact) mass is 468 g/mol. The molecule has 4 rings (SSSR count). The van der Waals surface area contributed by atoms with E-state index in [2.05, 4.69) is 20.2 Å². The van der Waals surface area contributed by atoms with Crippen molar-refractivity contribution in [2.24, 2.45) is 0 Å². The van der Waals surface area contributed by atoms with Crippen molar-refractivity contribution in [1.29, 1.82) is 0 Å². The van der Waals surface area contributed by atoms with Crippen LogP contribution in [0.3, 0.4) is 0 Å². The molecule has 1 amide bonds. The van der Waals surface area contributed by atoms with Gasteiger partial charge in [0.2, 0.25) is 5.89 Å². The molecule has 0 aliphatic carbocycles. The number of carbonyl (C=O) groups excluding carboxylic acids is 1. The Hall–Kier alpha value is -4.25. The van der Waals surface area contributed by atoms with Gasteiger partial charge in [0.15, 0.2) is 0 Å². The number of anilines is 2. The van der Waals surface area contributed by atoms with Gasteiger partial charge in [-0.2, -0.15) is 0 Å². The number of rotatable bonds is 7. The minimum Gasteiger partial charge on any atom is -0.497 e. The van der Waals surface area contributed by atoms with Gasteiger partial charge in [-0.15, -0.1) is 5.10 Å². The van der Waals surface area contributed by atoms with E-state index in [-0.39, 0.29) is 28.1 Å². The Labute approximate surface area is 188 Å². The number of halogens is 1. The summed E-state index contributed by atoms with van der Waals surface area (Å²) in [6, 6.07) is 17.0. The Bertz CT molecular complexity index is 1390. The summed E-state index contributed by atoms with van der Waals surface area (Å²) in [7, 11) is -2.41. The fourth-order valence-corrected chi connectivity index (χ4v) is 3.89. The molecule has 2 N–H and O–H groups in total. The van der Waals surface area contributed by atoms with Crippen LogP contribution in [0.5, 0.6) is 5.75 Å². The summed E-state index contributed by atoms with van der Waals surface area (Å²) >= 11 is 0. The maximum atomic E-state index is 13.1. The molecule has 3 aromatic carbocycles. The Morgan fingerprint density at radius 1 is 1.00 bits per heavy atom. The van der Waals surface area contributed by atoms with E-state index in [1.165, 1.54) is 24.3 Å². The summed E-state index contributed by atoms with van der Waals surface area (Å²) in [5, 5.41) is 10.2. The van der Waals surface area contributed by atoms with Crippen LogP contribution in [0.2, 0.25) is 0 Å². The molecule has 0 fully saturated rings. The first-order valence-corrected chi connectivity index (χ1v) is 11.0. The maximum absolute atomic E-state index is 13.1. The molecule has 0 unspecified atom stereocenters. The van der Waals surface area contributed by atoms with Crippen molar-refractivity contribution >= 4 is 27.6 Å². The van der Waals surface area contributed by atoms with Crippen LogP contribution in [-0.4, -0.2) is 31.6 Å². The number of sulfonamides is 1. The topological polar surface area (TPSA) is 123 Å². The zero-order valence-corrected chi connectivity index (χ0v) is 18.0. The fraction of sp³-hybridized carbons (Fsp3) is 0.0455. The van der Waals surface area contributed by atoms with Crippen molar-refractivity contribution < 1.29 is 26.8 Å². The normalized spacial score (nSPS) is 11.1. The lowest BCUT2D eigenvalue weighted by molar-refractivity contribution is 0.102. The molecule has 33 heavy (non-hydrogen) atoms. The molecule has 168 valence electrons. The van der Waals surface area contributed by atoms with Gasteiger partial charge >= 0.3 is 6.01 Å². The van der Waals surface area contributed by atoms with Gasteiger partial charge in [-0.25, -0.2) is 12.8 Å². The Balaban J connectivity index is 1.47. The zero-order chi connectivity index (χ0) is 23.4. The van der Waals surface area contributed by atoms with Crippen molar-refractivity contribution in [3.05, 3.63) is 84.2 Å². The molecule has 0 saturated heterocycles. The van der Waals surface area contributed by atoms with E-state index in [4.69, 9.17) is 9.15 Å². The lowest BCUT2D eigenvalue weighted by Gasteiger charge is -2.09. The fourth-order valence-electron chi connectivity index (χ4n) is 2.85. The summed E-state index contributed by atoms with van der Waals surface area (Å²) in [5.41, 5.74) is 0.941. The van der Waals surface area contributed by atoms with E-state index in [1.54, 1.807) is 31.4 Å². The smallest absolute Gasteiger partial charge is 0.322 e. The van der Waals surface area contributed by atoms with Crippen molar-refractivity contribution in [2.75, 3.05) is 17.1 Å². The lowest BCUT2D eigenvalue weighted by Crippen LogP contribution is -2.15. The third-order valence-corrected chi connectivity index (χ3v) is 5.88. The summed E-state index contributed by atoms with van der Waals surface area (Å²) in [5.74, 6) is -0.262. The molecule has 0 bridgehead atoms. The van der Waals surface area contributed by atoms with E-state index in [9.17, 15) is 17.6 Å². The molecular formula is C22H17FN4O5S. The maximum Gasteiger partial charge on any atom is 0.322 e. The van der Waals surface area contributed by atoms with Crippen LogP contribution in [0.4, 0.5) is 16.1 Å². The lowest BCUT2D eigenvalue weighted by atomic mass is 10.2. The minimum atomic E-state index is -3.96. The van der Waals surface area contributed by atoms with Crippen molar-refractivity contribution in [3.8, 4) is 17.2 Å². The van der Waals surface area contributed by atoms with Gasteiger partial charge in [0.05, 0.1) is 12.0 Å². The van der Waals surface area contributed by atoms with Crippen LogP contribution in [0, 0.1) is 5.82 Å². The van der Waals surface area contributed by atoms with Crippen LogP contribution >= 0.6 is 0 Å². The molecule has 0 aliphatic rings. The average molecular weight is 468 g/mol. The molecule has 0 radical (unpaired) electrons. The molecule has 4 aromatic rings. The highest BCUT2D eigenvalue weighted by molar-refractivity contribution is 7.92. The van der Waals surface area contributed by atoms with Crippen molar-refractivity contribution in [3.63, 3.8) is 0 Å². The average Bonchev–Trinajstić information content (AvgIpc) is 3.28. The summed E-state index contributed by atoms with van der Waals surface area (Å²) in [6.45, 7) is 0. The van der Waals surface area contributed by atoms with Gasteiger partial charge in [-0.1, -0.05) is 11.2 Å². The molecule has 0 saturated carbocycles. The largest absolute Gasteiger partial charge is 0.497 e. The van der Waals surface area contributed by atoms with Gasteiger partial charge in [0.1, 0.15) is 11.6 Å². The third kappa shape index (κ3) is 5.15. The van der Waals surface area contributed by atoms with Gasteiger partial charge in [-0.3, -0.25) is 14.8 Å². The van der Waals surface area contributed by atoms with Gasteiger partial charge in [0, 0.05) is 16.8 Å². The van der Waals surface area contributed by atoms with Crippen LogP contribution < -0.4 is 14.8 Å². The third-order valence-electron chi connectivity index (χ3n) is 4.48. The molecule has 1 heterocycles. The number of amides is 1. The second kappa shape index (κ2) is 9.09.